The van der Waals surface area contributed by atoms with Crippen LogP contribution in [0.4, 0.5) is 0 Å². The zero-order valence-electron chi connectivity index (χ0n) is 17.9. The van der Waals surface area contributed by atoms with Gasteiger partial charge in [-0.3, -0.25) is 0 Å². The summed E-state index contributed by atoms with van der Waals surface area (Å²) in [6.45, 7) is 2.31. The van der Waals surface area contributed by atoms with Crippen molar-refractivity contribution >= 4 is 45.6 Å². The molecule has 7 nitrogen and oxygen atoms in total. The smallest absolute Gasteiger partial charge is 0.456 e. The topological polar surface area (TPSA) is 102 Å². The standard InChI is InChI=1S/C21H28BIO7S/c1-4-13(7-14-8-16(23)21(24)18(9-14)29-3)5-6-17-20-15(11-28-2)12-31(26,27)19(20)10-22(25)30-17/h7-9,17,19,24-25H,4-6,10-12H2,1-3H3/b13-7+/t17-,19+/m1/s1. The van der Waals surface area contributed by atoms with Gasteiger partial charge in [-0.25, -0.2) is 8.42 Å². The summed E-state index contributed by atoms with van der Waals surface area (Å²) in [5, 5.41) is 19.5. The van der Waals surface area contributed by atoms with Crippen molar-refractivity contribution < 1.29 is 32.7 Å². The van der Waals surface area contributed by atoms with Crippen LogP contribution in [-0.2, 0) is 19.2 Å². The molecular weight excluding hydrogens is 534 g/mol. The molecule has 2 aliphatic heterocycles. The number of halogens is 1. The van der Waals surface area contributed by atoms with Crippen LogP contribution in [0.1, 0.15) is 31.7 Å². The maximum absolute atomic E-state index is 12.6. The molecule has 10 heteroatoms. The molecule has 2 heterocycles. The lowest BCUT2D eigenvalue weighted by molar-refractivity contribution is 0.166. The molecule has 1 aromatic carbocycles. The van der Waals surface area contributed by atoms with Crippen molar-refractivity contribution in [2.75, 3.05) is 26.6 Å². The first kappa shape index (κ1) is 24.6. The van der Waals surface area contributed by atoms with Crippen LogP contribution in [-0.4, -0.2) is 63.6 Å². The van der Waals surface area contributed by atoms with Gasteiger partial charge in [0.15, 0.2) is 21.3 Å². The molecule has 0 unspecified atom stereocenters. The van der Waals surface area contributed by atoms with Crippen molar-refractivity contribution in [2.45, 2.75) is 43.9 Å². The number of allylic oxidation sites excluding steroid dienone is 1. The fourth-order valence-electron chi connectivity index (χ4n) is 4.32. The zero-order chi connectivity index (χ0) is 22.8. The predicted molar refractivity (Wildman–Crippen MR) is 129 cm³/mol. The second-order valence-corrected chi connectivity index (χ2v) is 11.2. The number of rotatable bonds is 8. The number of fused-ring (bicyclic) bond motifs is 1. The first-order chi connectivity index (χ1) is 14.7. The minimum atomic E-state index is -3.34. The number of hydrogen-bond donors (Lipinski definition) is 2. The Morgan fingerprint density at radius 3 is 2.77 bits per heavy atom. The molecule has 3 rings (SSSR count). The summed E-state index contributed by atoms with van der Waals surface area (Å²) >= 11 is 2.06. The quantitative estimate of drug-likeness (QED) is 0.285. The third kappa shape index (κ3) is 5.47. The SMILES string of the molecule is CC/C(=C\c1cc(I)c(O)c(OC)c1)CC[C@H]1OB(O)C[C@H]2C1=C(COC)CS2(=O)=O. The fourth-order valence-corrected chi connectivity index (χ4v) is 7.04. The van der Waals surface area contributed by atoms with Crippen LogP contribution in [0.15, 0.2) is 28.9 Å². The average Bonchev–Trinajstić information content (AvgIpc) is 2.97. The highest BCUT2D eigenvalue weighted by molar-refractivity contribution is 14.1. The first-order valence-corrected chi connectivity index (χ1v) is 13.0. The van der Waals surface area contributed by atoms with E-state index in [0.29, 0.717) is 22.2 Å². The van der Waals surface area contributed by atoms with E-state index in [1.165, 1.54) is 7.11 Å². The largest absolute Gasteiger partial charge is 0.504 e. The van der Waals surface area contributed by atoms with Crippen LogP contribution in [0.3, 0.4) is 0 Å². The lowest BCUT2D eigenvalue weighted by atomic mass is 9.74. The molecule has 0 radical (unpaired) electrons. The molecule has 2 N–H and O–H groups in total. The van der Waals surface area contributed by atoms with Crippen LogP contribution < -0.4 is 4.74 Å². The molecule has 170 valence electrons. The van der Waals surface area contributed by atoms with Crippen molar-refractivity contribution in [1.29, 1.82) is 0 Å². The number of hydrogen-bond acceptors (Lipinski definition) is 7. The van der Waals surface area contributed by atoms with E-state index in [0.717, 1.165) is 28.7 Å². The minimum Gasteiger partial charge on any atom is -0.504 e. The van der Waals surface area contributed by atoms with Gasteiger partial charge in [0.1, 0.15) is 0 Å². The summed E-state index contributed by atoms with van der Waals surface area (Å²) in [5.41, 5.74) is 3.59. The fraction of sp³-hybridized carbons (Fsp3) is 0.524. The van der Waals surface area contributed by atoms with Crippen molar-refractivity contribution in [1.82, 2.24) is 0 Å². The third-order valence-electron chi connectivity index (χ3n) is 5.79. The van der Waals surface area contributed by atoms with Gasteiger partial charge in [-0.05, 0) is 70.7 Å². The van der Waals surface area contributed by atoms with E-state index >= 15 is 0 Å². The van der Waals surface area contributed by atoms with Gasteiger partial charge < -0.3 is 24.3 Å². The summed E-state index contributed by atoms with van der Waals surface area (Å²) in [7, 11) is -1.37. The van der Waals surface area contributed by atoms with Gasteiger partial charge in [-0.2, -0.15) is 0 Å². The van der Waals surface area contributed by atoms with Crippen molar-refractivity contribution in [3.05, 3.63) is 38.0 Å². The van der Waals surface area contributed by atoms with E-state index in [1.807, 2.05) is 6.07 Å². The van der Waals surface area contributed by atoms with Crippen LogP contribution >= 0.6 is 22.6 Å². The Labute approximate surface area is 197 Å². The van der Waals surface area contributed by atoms with Crippen LogP contribution in [0.5, 0.6) is 11.5 Å². The normalized spacial score (nSPS) is 23.3. The zero-order valence-corrected chi connectivity index (χ0v) is 20.9. The Hall–Kier alpha value is -1.08. The lowest BCUT2D eigenvalue weighted by Crippen LogP contribution is -2.42. The highest BCUT2D eigenvalue weighted by Crippen LogP contribution is 2.40. The average molecular weight is 562 g/mol. The van der Waals surface area contributed by atoms with Gasteiger partial charge in [0.2, 0.25) is 0 Å². The molecule has 1 saturated heterocycles. The van der Waals surface area contributed by atoms with Crippen molar-refractivity contribution in [2.24, 2.45) is 0 Å². The van der Waals surface area contributed by atoms with Crippen molar-refractivity contribution in [3.8, 4) is 11.5 Å². The Balaban J connectivity index is 1.83. The summed E-state index contributed by atoms with van der Waals surface area (Å²) in [5.74, 6) is 0.505. The number of ether oxygens (including phenoxy) is 2. The molecule has 1 aromatic rings. The van der Waals surface area contributed by atoms with Crippen LogP contribution in [0.25, 0.3) is 6.08 Å². The number of benzene rings is 1. The molecule has 0 aliphatic carbocycles. The first-order valence-electron chi connectivity index (χ1n) is 10.2. The van der Waals surface area contributed by atoms with E-state index < -0.39 is 28.3 Å². The third-order valence-corrected chi connectivity index (χ3v) is 8.68. The van der Waals surface area contributed by atoms with E-state index in [4.69, 9.17) is 14.1 Å². The highest BCUT2D eigenvalue weighted by Gasteiger charge is 2.48. The minimum absolute atomic E-state index is 0.0321. The number of aromatic hydroxyl groups is 1. The van der Waals surface area contributed by atoms with Gasteiger partial charge in [0.05, 0.1) is 34.4 Å². The molecule has 2 aliphatic rings. The second-order valence-electron chi connectivity index (χ2n) is 7.85. The van der Waals surface area contributed by atoms with Crippen LogP contribution in [0, 0.1) is 3.57 Å². The number of phenols is 1. The van der Waals surface area contributed by atoms with E-state index in [2.05, 4.69) is 35.6 Å². The van der Waals surface area contributed by atoms with Gasteiger partial charge in [0.25, 0.3) is 0 Å². The molecule has 0 aromatic heterocycles. The molecule has 0 saturated carbocycles. The predicted octanol–water partition coefficient (Wildman–Crippen LogP) is 3.20. The van der Waals surface area contributed by atoms with Gasteiger partial charge in [-0.1, -0.05) is 18.6 Å². The van der Waals surface area contributed by atoms with Gasteiger partial charge in [0, 0.05) is 13.4 Å². The summed E-state index contributed by atoms with van der Waals surface area (Å²) in [6.07, 6.45) is 3.73. The molecule has 2 atom stereocenters. The maximum atomic E-state index is 12.6. The summed E-state index contributed by atoms with van der Waals surface area (Å²) in [6, 6.07) is 3.67. The number of sulfone groups is 1. The van der Waals surface area contributed by atoms with E-state index in [-0.39, 0.29) is 24.4 Å². The Bertz CT molecular complexity index is 990. The van der Waals surface area contributed by atoms with Crippen molar-refractivity contribution in [3.63, 3.8) is 0 Å². The van der Waals surface area contributed by atoms with Crippen LogP contribution in [0.2, 0.25) is 6.32 Å². The lowest BCUT2D eigenvalue weighted by Gasteiger charge is -2.32. The molecule has 31 heavy (non-hydrogen) atoms. The molecule has 0 bridgehead atoms. The summed E-state index contributed by atoms with van der Waals surface area (Å²) < 4.78 is 42.2. The molecule has 1 fully saturated rings. The van der Waals surface area contributed by atoms with E-state index in [1.54, 1.807) is 13.2 Å². The highest BCUT2D eigenvalue weighted by atomic mass is 127. The maximum Gasteiger partial charge on any atom is 0.456 e. The molecule has 0 spiro atoms. The Kier molecular flexibility index (Phi) is 8.12. The Morgan fingerprint density at radius 1 is 1.39 bits per heavy atom. The van der Waals surface area contributed by atoms with Gasteiger partial charge >= 0.3 is 7.12 Å². The molecular formula is C21H28BIO7S. The number of methoxy groups -OCH3 is 2. The second kappa shape index (κ2) is 10.2. The molecule has 0 amide bonds. The monoisotopic (exact) mass is 562 g/mol. The van der Waals surface area contributed by atoms with E-state index in [9.17, 15) is 18.5 Å². The van der Waals surface area contributed by atoms with Gasteiger partial charge in [-0.15, -0.1) is 0 Å². The number of phenolic OH excluding ortho intramolecular Hbond substituents is 1. The Morgan fingerprint density at radius 2 is 2.13 bits per heavy atom. The summed E-state index contributed by atoms with van der Waals surface area (Å²) in [4.78, 5) is 0.